The van der Waals surface area contributed by atoms with Gasteiger partial charge in [0.1, 0.15) is 17.0 Å². The Hall–Kier alpha value is -3.14. The van der Waals surface area contributed by atoms with E-state index in [-0.39, 0.29) is 24.3 Å². The predicted octanol–water partition coefficient (Wildman–Crippen LogP) is 5.62. The minimum atomic E-state index is -4.68. The van der Waals surface area contributed by atoms with Gasteiger partial charge in [-0.05, 0) is 49.6 Å². The number of hydrogen-bond acceptors (Lipinski definition) is 6. The van der Waals surface area contributed by atoms with E-state index in [0.717, 1.165) is 13.8 Å². The van der Waals surface area contributed by atoms with Crippen LogP contribution in [0.3, 0.4) is 0 Å². The predicted molar refractivity (Wildman–Crippen MR) is 129 cm³/mol. The van der Waals surface area contributed by atoms with Gasteiger partial charge in [0.15, 0.2) is 5.82 Å². The molecule has 36 heavy (non-hydrogen) atoms. The van der Waals surface area contributed by atoms with E-state index in [1.54, 1.807) is 18.2 Å². The van der Waals surface area contributed by atoms with Gasteiger partial charge < -0.3 is 14.8 Å². The summed E-state index contributed by atoms with van der Waals surface area (Å²) in [7, 11) is 1.43. The number of nitrogens with one attached hydrogen (secondary N) is 1. The van der Waals surface area contributed by atoms with Gasteiger partial charge in [0.2, 0.25) is 5.91 Å². The molecule has 0 saturated carbocycles. The standard InChI is InChI=1S/C25H28ClF3N4O3/c1-14(2)13-36-17-8-7-16(11-17)20-31-21(33-23(32-20)35-5)18-10-15(6-9-19(18)26)12-30-22(34)24(3,4)25(27,28)29/h6-11,14,16H,12-13H2,1-5H3,(H,30,34). The Morgan fingerprint density at radius 2 is 1.92 bits per heavy atom. The number of rotatable bonds is 9. The molecule has 2 aromatic rings. The molecule has 1 unspecified atom stereocenters. The maximum Gasteiger partial charge on any atom is 0.402 e. The molecule has 1 aromatic carbocycles. The third kappa shape index (κ3) is 6.34. The number of carbonyl (C=O) groups is 1. The highest BCUT2D eigenvalue weighted by Crippen LogP contribution is 2.37. The number of benzene rings is 1. The van der Waals surface area contributed by atoms with Crippen LogP contribution in [-0.2, 0) is 16.1 Å². The number of amides is 1. The largest absolute Gasteiger partial charge is 0.494 e. The minimum Gasteiger partial charge on any atom is -0.494 e. The Balaban J connectivity index is 1.86. The molecule has 1 aliphatic rings. The van der Waals surface area contributed by atoms with Crippen LogP contribution in [0.2, 0.25) is 5.02 Å². The zero-order valence-electron chi connectivity index (χ0n) is 20.6. The maximum atomic E-state index is 13.2. The highest BCUT2D eigenvalue weighted by atomic mass is 35.5. The molecule has 1 atom stereocenters. The van der Waals surface area contributed by atoms with E-state index >= 15 is 0 Å². The molecule has 1 aromatic heterocycles. The molecule has 0 fully saturated rings. The summed E-state index contributed by atoms with van der Waals surface area (Å²) in [6.07, 6.45) is 0.950. The fourth-order valence-electron chi connectivity index (χ4n) is 3.13. The number of carbonyl (C=O) groups excluding carboxylic acids is 1. The van der Waals surface area contributed by atoms with Crippen LogP contribution in [0, 0.1) is 11.3 Å². The van der Waals surface area contributed by atoms with Gasteiger partial charge in [-0.15, -0.1) is 0 Å². The van der Waals surface area contributed by atoms with Gasteiger partial charge in [-0.1, -0.05) is 37.6 Å². The van der Waals surface area contributed by atoms with E-state index < -0.39 is 17.5 Å². The van der Waals surface area contributed by atoms with Gasteiger partial charge in [-0.2, -0.15) is 23.1 Å². The molecule has 0 bridgehead atoms. The molecule has 0 aliphatic heterocycles. The quantitative estimate of drug-likeness (QED) is 0.458. The Kier molecular flexibility index (Phi) is 8.28. The number of nitrogens with zero attached hydrogens (tertiary/aromatic N) is 3. The van der Waals surface area contributed by atoms with Crippen LogP contribution in [0.5, 0.6) is 6.01 Å². The van der Waals surface area contributed by atoms with Crippen molar-refractivity contribution < 1.29 is 27.4 Å². The first-order valence-electron chi connectivity index (χ1n) is 11.3. The zero-order valence-corrected chi connectivity index (χ0v) is 21.4. The SMILES string of the molecule is COc1nc(-c2cc(CNC(=O)C(C)(C)C(F)(F)F)ccc2Cl)nc(C2C=CC(OCC(C)C)=C2)n1. The van der Waals surface area contributed by atoms with Gasteiger partial charge >= 0.3 is 12.2 Å². The average molecular weight is 525 g/mol. The number of aromatic nitrogens is 3. The lowest BCUT2D eigenvalue weighted by molar-refractivity contribution is -0.211. The first kappa shape index (κ1) is 27.4. The lowest BCUT2D eigenvalue weighted by Gasteiger charge is -2.26. The fraction of sp³-hybridized carbons (Fsp3) is 0.440. The van der Waals surface area contributed by atoms with Crippen LogP contribution >= 0.6 is 11.6 Å². The van der Waals surface area contributed by atoms with Crippen LogP contribution in [0.15, 0.2) is 42.2 Å². The van der Waals surface area contributed by atoms with E-state index in [0.29, 0.717) is 40.3 Å². The van der Waals surface area contributed by atoms with Gasteiger partial charge in [0.25, 0.3) is 0 Å². The van der Waals surface area contributed by atoms with Crippen molar-refractivity contribution in [3.63, 3.8) is 0 Å². The average Bonchev–Trinajstić information content (AvgIpc) is 3.30. The molecule has 3 rings (SSSR count). The molecule has 11 heteroatoms. The Bertz CT molecular complexity index is 1180. The van der Waals surface area contributed by atoms with Gasteiger partial charge in [0, 0.05) is 12.1 Å². The lowest BCUT2D eigenvalue weighted by Crippen LogP contribution is -2.46. The summed E-state index contributed by atoms with van der Waals surface area (Å²) in [5, 5.41) is 2.65. The molecule has 1 heterocycles. The number of methoxy groups -OCH3 is 1. The summed E-state index contributed by atoms with van der Waals surface area (Å²) >= 11 is 6.40. The van der Waals surface area contributed by atoms with E-state index in [9.17, 15) is 18.0 Å². The third-order valence-corrected chi connectivity index (χ3v) is 5.84. The van der Waals surface area contributed by atoms with E-state index in [2.05, 4.69) is 34.1 Å². The molecule has 0 saturated heterocycles. The summed E-state index contributed by atoms with van der Waals surface area (Å²) in [5.41, 5.74) is -1.59. The van der Waals surface area contributed by atoms with Crippen LogP contribution in [-0.4, -0.2) is 40.8 Å². The molecule has 7 nitrogen and oxygen atoms in total. The normalized spacial score (nSPS) is 15.7. The number of hydrogen-bond donors (Lipinski definition) is 1. The van der Waals surface area contributed by atoms with Crippen LogP contribution in [0.25, 0.3) is 11.4 Å². The Labute approximate surface area is 212 Å². The zero-order chi connectivity index (χ0) is 26.7. The topological polar surface area (TPSA) is 86.2 Å². The fourth-order valence-corrected chi connectivity index (χ4v) is 3.33. The second kappa shape index (κ2) is 10.9. The highest BCUT2D eigenvalue weighted by molar-refractivity contribution is 6.33. The van der Waals surface area contributed by atoms with Crippen LogP contribution in [0.1, 0.15) is 45.0 Å². The van der Waals surface area contributed by atoms with Crippen molar-refractivity contribution in [2.45, 2.75) is 46.3 Å². The highest BCUT2D eigenvalue weighted by Gasteiger charge is 2.52. The van der Waals surface area contributed by atoms with Crippen molar-refractivity contribution in [1.82, 2.24) is 20.3 Å². The second-order valence-corrected chi connectivity index (χ2v) is 9.69. The molecular formula is C25H28ClF3N4O3. The summed E-state index contributed by atoms with van der Waals surface area (Å²) in [4.78, 5) is 25.4. The molecule has 0 spiro atoms. The monoisotopic (exact) mass is 524 g/mol. The van der Waals surface area contributed by atoms with Crippen molar-refractivity contribution in [3.8, 4) is 17.4 Å². The maximum absolute atomic E-state index is 13.2. The first-order valence-corrected chi connectivity index (χ1v) is 11.7. The van der Waals surface area contributed by atoms with E-state index in [1.165, 1.54) is 7.11 Å². The summed E-state index contributed by atoms with van der Waals surface area (Å²) < 4.78 is 50.5. The second-order valence-electron chi connectivity index (χ2n) is 9.28. The van der Waals surface area contributed by atoms with Gasteiger partial charge in [-0.25, -0.2) is 4.98 Å². The van der Waals surface area contributed by atoms with Crippen molar-refractivity contribution >= 4 is 17.5 Å². The lowest BCUT2D eigenvalue weighted by atomic mass is 9.91. The van der Waals surface area contributed by atoms with Crippen molar-refractivity contribution in [1.29, 1.82) is 0 Å². The number of alkyl halides is 3. The summed E-state index contributed by atoms with van der Waals surface area (Å²) in [6.45, 7) is 6.22. The number of halogens is 4. The molecule has 1 amide bonds. The molecular weight excluding hydrogens is 497 g/mol. The molecule has 194 valence electrons. The molecule has 1 N–H and O–H groups in total. The summed E-state index contributed by atoms with van der Waals surface area (Å²) in [6, 6.07) is 4.86. The van der Waals surface area contributed by atoms with Gasteiger partial charge in [-0.3, -0.25) is 4.79 Å². The minimum absolute atomic E-state index is 0.0787. The third-order valence-electron chi connectivity index (χ3n) is 5.51. The van der Waals surface area contributed by atoms with Crippen molar-refractivity contribution in [3.05, 3.63) is 58.6 Å². The van der Waals surface area contributed by atoms with Crippen LogP contribution < -0.4 is 10.1 Å². The molecule has 0 radical (unpaired) electrons. The number of ether oxygens (including phenoxy) is 2. The van der Waals surface area contributed by atoms with Gasteiger partial charge in [0.05, 0.1) is 24.7 Å². The van der Waals surface area contributed by atoms with E-state index in [4.69, 9.17) is 21.1 Å². The van der Waals surface area contributed by atoms with Crippen LogP contribution in [0.4, 0.5) is 13.2 Å². The Morgan fingerprint density at radius 3 is 2.56 bits per heavy atom. The smallest absolute Gasteiger partial charge is 0.402 e. The van der Waals surface area contributed by atoms with Crippen molar-refractivity contribution in [2.75, 3.05) is 13.7 Å². The number of allylic oxidation sites excluding steroid dienone is 3. The molecule has 1 aliphatic carbocycles. The summed E-state index contributed by atoms with van der Waals surface area (Å²) in [5.74, 6) is 0.328. The Morgan fingerprint density at radius 1 is 1.19 bits per heavy atom. The first-order chi connectivity index (χ1) is 16.8. The van der Waals surface area contributed by atoms with E-state index in [1.807, 2.05) is 18.2 Å². The van der Waals surface area contributed by atoms with Crippen molar-refractivity contribution in [2.24, 2.45) is 11.3 Å².